The van der Waals surface area contributed by atoms with Gasteiger partial charge in [0.1, 0.15) is 28.8 Å². The van der Waals surface area contributed by atoms with Crippen LogP contribution in [0.2, 0.25) is 0 Å². The lowest BCUT2D eigenvalue weighted by Crippen LogP contribution is -2.29. The van der Waals surface area contributed by atoms with Gasteiger partial charge in [-0.2, -0.15) is 0 Å². The third-order valence-corrected chi connectivity index (χ3v) is 5.97. The van der Waals surface area contributed by atoms with Crippen LogP contribution in [0.5, 0.6) is 17.2 Å². The van der Waals surface area contributed by atoms with Crippen LogP contribution >= 0.6 is 0 Å². The Morgan fingerprint density at radius 2 is 1.72 bits per heavy atom. The molecule has 0 aromatic heterocycles. The summed E-state index contributed by atoms with van der Waals surface area (Å²) < 4.78 is 30.5. The number of hydrogen-bond acceptors (Lipinski definition) is 6. The fourth-order valence-electron chi connectivity index (χ4n) is 4.36. The van der Waals surface area contributed by atoms with Crippen molar-refractivity contribution in [3.63, 3.8) is 0 Å². The maximum atomic E-state index is 14.1. The molecule has 1 saturated heterocycles. The number of carbonyl (C=O) groups excluding carboxylic acids is 2. The van der Waals surface area contributed by atoms with Crippen molar-refractivity contribution in [1.82, 2.24) is 4.90 Å². The van der Waals surface area contributed by atoms with Gasteiger partial charge >= 0.3 is 0 Å². The number of ether oxygens (including phenoxy) is 3. The molecule has 0 radical (unpaired) electrons. The number of aliphatic hydroxyl groups excluding tert-OH is 1. The number of amides is 1. The number of hydrogen-bond donors (Lipinski definition) is 1. The Hall–Kier alpha value is -4.33. The number of likely N-dealkylation sites (tertiary alicyclic amines) is 1. The van der Waals surface area contributed by atoms with Crippen molar-refractivity contribution in [3.05, 3.63) is 94.8 Å². The molecule has 7 nitrogen and oxygen atoms in total. The van der Waals surface area contributed by atoms with E-state index in [4.69, 9.17) is 14.2 Å². The summed E-state index contributed by atoms with van der Waals surface area (Å²) in [5.41, 5.74) is 1.02. The molecule has 3 aromatic rings. The van der Waals surface area contributed by atoms with Crippen molar-refractivity contribution >= 4 is 17.4 Å². The predicted molar refractivity (Wildman–Crippen MR) is 131 cm³/mol. The number of methoxy groups -OCH3 is 2. The molecule has 36 heavy (non-hydrogen) atoms. The topological polar surface area (TPSA) is 85.3 Å². The van der Waals surface area contributed by atoms with Gasteiger partial charge in [0.15, 0.2) is 0 Å². The lowest BCUT2D eigenvalue weighted by Gasteiger charge is -2.26. The first-order chi connectivity index (χ1) is 17.4. The molecule has 4 rings (SSSR count). The largest absolute Gasteiger partial charge is 0.507 e. The zero-order valence-corrected chi connectivity index (χ0v) is 20.2. The van der Waals surface area contributed by atoms with E-state index in [1.54, 1.807) is 48.5 Å². The molecule has 8 heteroatoms. The number of benzene rings is 3. The van der Waals surface area contributed by atoms with E-state index in [2.05, 4.69) is 0 Å². The molecule has 1 aliphatic rings. The van der Waals surface area contributed by atoms with Gasteiger partial charge in [0.25, 0.3) is 11.7 Å². The average molecular weight is 492 g/mol. The first-order valence-electron chi connectivity index (χ1n) is 11.4. The smallest absolute Gasteiger partial charge is 0.295 e. The van der Waals surface area contributed by atoms with Gasteiger partial charge in [-0.3, -0.25) is 9.59 Å². The maximum Gasteiger partial charge on any atom is 0.295 e. The van der Waals surface area contributed by atoms with Gasteiger partial charge in [-0.05, 0) is 48.9 Å². The van der Waals surface area contributed by atoms with E-state index in [0.29, 0.717) is 29.2 Å². The number of Topliss-reactive ketones (excluding diaryl/α,β-unsaturated/α-hetero) is 1. The van der Waals surface area contributed by atoms with Crippen LogP contribution in [0.25, 0.3) is 5.76 Å². The molecular formula is C28H26FNO6. The molecule has 1 unspecified atom stereocenters. The minimum absolute atomic E-state index is 0.0289. The number of carbonyl (C=O) groups is 2. The number of ketones is 1. The summed E-state index contributed by atoms with van der Waals surface area (Å²) in [6, 6.07) is 16.7. The van der Waals surface area contributed by atoms with Gasteiger partial charge in [0, 0.05) is 5.56 Å². The molecule has 1 N–H and O–H groups in total. The second kappa shape index (κ2) is 10.5. The van der Waals surface area contributed by atoms with E-state index in [-0.39, 0.29) is 23.4 Å². The Morgan fingerprint density at radius 3 is 2.44 bits per heavy atom. The van der Waals surface area contributed by atoms with Gasteiger partial charge in [-0.1, -0.05) is 30.3 Å². The molecule has 186 valence electrons. The van der Waals surface area contributed by atoms with E-state index < -0.39 is 29.3 Å². The summed E-state index contributed by atoms with van der Waals surface area (Å²) in [4.78, 5) is 28.0. The molecule has 1 atom stereocenters. The van der Waals surface area contributed by atoms with E-state index in [1.165, 1.54) is 31.3 Å². The minimum atomic E-state index is -0.969. The molecular weight excluding hydrogens is 465 g/mol. The molecule has 0 aliphatic carbocycles. The molecule has 0 spiro atoms. The molecule has 1 heterocycles. The number of nitrogens with zero attached hydrogens (tertiary/aromatic N) is 1. The van der Waals surface area contributed by atoms with Crippen LogP contribution in [-0.4, -0.2) is 42.5 Å². The van der Waals surface area contributed by atoms with Gasteiger partial charge in [-0.25, -0.2) is 4.39 Å². The van der Waals surface area contributed by atoms with Crippen LogP contribution < -0.4 is 14.2 Å². The van der Waals surface area contributed by atoms with Crippen LogP contribution in [0.4, 0.5) is 4.39 Å². The summed E-state index contributed by atoms with van der Waals surface area (Å²) in [7, 11) is 2.89. The number of rotatable bonds is 8. The molecule has 3 aromatic carbocycles. The Kier molecular flexibility index (Phi) is 7.24. The van der Waals surface area contributed by atoms with Crippen molar-refractivity contribution in [2.75, 3.05) is 20.8 Å². The number of para-hydroxylation sites is 1. The Balaban J connectivity index is 1.92. The first-order valence-corrected chi connectivity index (χ1v) is 11.4. The van der Waals surface area contributed by atoms with Crippen molar-refractivity contribution in [1.29, 1.82) is 0 Å². The van der Waals surface area contributed by atoms with Crippen LogP contribution in [0.3, 0.4) is 0 Å². The molecule has 1 fully saturated rings. The van der Waals surface area contributed by atoms with Gasteiger partial charge in [0.2, 0.25) is 0 Å². The number of aliphatic hydroxyl groups is 1. The lowest BCUT2D eigenvalue weighted by molar-refractivity contribution is -0.140. The molecule has 0 bridgehead atoms. The zero-order chi connectivity index (χ0) is 25.8. The highest BCUT2D eigenvalue weighted by Gasteiger charge is 2.46. The normalized spacial score (nSPS) is 16.8. The fraction of sp³-hybridized carbons (Fsp3) is 0.214. The van der Waals surface area contributed by atoms with Crippen LogP contribution in [0, 0.1) is 5.82 Å². The number of halogens is 1. The van der Waals surface area contributed by atoms with Gasteiger partial charge < -0.3 is 24.2 Å². The summed E-state index contributed by atoms with van der Waals surface area (Å²) in [5.74, 6) is -1.60. The van der Waals surface area contributed by atoms with Crippen molar-refractivity contribution in [2.24, 2.45) is 0 Å². The Bertz CT molecular complexity index is 1340. The Morgan fingerprint density at radius 1 is 0.972 bits per heavy atom. The second-order valence-electron chi connectivity index (χ2n) is 8.09. The Labute approximate surface area is 208 Å². The monoisotopic (exact) mass is 491 g/mol. The highest BCUT2D eigenvalue weighted by molar-refractivity contribution is 6.46. The highest BCUT2D eigenvalue weighted by atomic mass is 19.1. The summed E-state index contributed by atoms with van der Waals surface area (Å²) >= 11 is 0. The van der Waals surface area contributed by atoms with E-state index >= 15 is 0 Å². The summed E-state index contributed by atoms with van der Waals surface area (Å²) in [5, 5.41) is 11.3. The van der Waals surface area contributed by atoms with Crippen LogP contribution in [-0.2, 0) is 16.1 Å². The SMILES string of the molecule is CCOc1cccc(C2/C(=C(\O)c3cc(F)ccc3OC)C(=O)C(=O)N2Cc2ccccc2OC)c1. The van der Waals surface area contributed by atoms with Crippen LogP contribution in [0.15, 0.2) is 72.3 Å². The molecule has 1 aliphatic heterocycles. The summed E-state index contributed by atoms with van der Waals surface area (Å²) in [6.07, 6.45) is 0. The van der Waals surface area contributed by atoms with E-state index in [0.717, 1.165) is 6.07 Å². The highest BCUT2D eigenvalue weighted by Crippen LogP contribution is 2.43. The standard InChI is InChI=1S/C28H26FNO6/c1-4-36-20-10-7-9-17(14-20)25-24(26(31)21-15-19(29)12-13-23(21)35-3)27(32)28(33)30(25)16-18-8-5-6-11-22(18)34-2/h5-15,25,31H,4,16H2,1-3H3/b26-24+. The first kappa shape index (κ1) is 24.8. The predicted octanol–water partition coefficient (Wildman–Crippen LogP) is 4.86. The van der Waals surface area contributed by atoms with Crippen molar-refractivity contribution < 1.29 is 33.3 Å². The minimum Gasteiger partial charge on any atom is -0.507 e. The zero-order valence-electron chi connectivity index (χ0n) is 20.2. The van der Waals surface area contributed by atoms with Crippen LogP contribution in [0.1, 0.15) is 29.7 Å². The molecule has 0 saturated carbocycles. The summed E-state index contributed by atoms with van der Waals surface area (Å²) in [6.45, 7) is 2.30. The third-order valence-electron chi connectivity index (χ3n) is 5.97. The van der Waals surface area contributed by atoms with E-state index in [1.807, 2.05) is 6.92 Å². The van der Waals surface area contributed by atoms with Crippen molar-refractivity contribution in [2.45, 2.75) is 19.5 Å². The maximum absolute atomic E-state index is 14.1. The van der Waals surface area contributed by atoms with Gasteiger partial charge in [0.05, 0.1) is 44.5 Å². The second-order valence-corrected chi connectivity index (χ2v) is 8.09. The molecule has 1 amide bonds. The van der Waals surface area contributed by atoms with E-state index in [9.17, 15) is 19.1 Å². The quantitative estimate of drug-likeness (QED) is 0.275. The van der Waals surface area contributed by atoms with Gasteiger partial charge in [-0.15, -0.1) is 0 Å². The fourth-order valence-corrected chi connectivity index (χ4v) is 4.36. The average Bonchev–Trinajstić information content (AvgIpc) is 3.14. The lowest BCUT2D eigenvalue weighted by atomic mass is 9.94. The third kappa shape index (κ3) is 4.62. The van der Waals surface area contributed by atoms with Crippen molar-refractivity contribution in [3.8, 4) is 17.2 Å².